The van der Waals surface area contributed by atoms with E-state index in [0.717, 1.165) is 17.9 Å². The lowest BCUT2D eigenvalue weighted by atomic mass is 10.1. The van der Waals surface area contributed by atoms with Crippen LogP contribution in [0.2, 0.25) is 0 Å². The molecule has 3 rings (SSSR count). The van der Waals surface area contributed by atoms with Crippen molar-refractivity contribution in [1.29, 1.82) is 0 Å². The predicted molar refractivity (Wildman–Crippen MR) is 121 cm³/mol. The molecule has 2 aromatic rings. The topological polar surface area (TPSA) is 130 Å². The van der Waals surface area contributed by atoms with Gasteiger partial charge >= 0.3 is 0 Å². The quantitative estimate of drug-likeness (QED) is 0.469. The van der Waals surface area contributed by atoms with Gasteiger partial charge in [0.2, 0.25) is 10.0 Å². The van der Waals surface area contributed by atoms with Gasteiger partial charge in [-0.25, -0.2) is 16.8 Å². The number of nitrogens with one attached hydrogen (secondary N) is 1. The largest absolute Gasteiger partial charge is 0.373 e. The smallest absolute Gasteiger partial charge is 0.293 e. The lowest BCUT2D eigenvalue weighted by molar-refractivity contribution is -0.384. The Morgan fingerprint density at radius 3 is 2.06 bits per heavy atom. The number of sulfone groups is 1. The molecule has 0 amide bonds. The zero-order valence-corrected chi connectivity index (χ0v) is 19.7. The van der Waals surface area contributed by atoms with Crippen LogP contribution >= 0.6 is 0 Å². The van der Waals surface area contributed by atoms with Crippen LogP contribution in [-0.2, 0) is 19.9 Å². The first-order valence-electron chi connectivity index (χ1n) is 9.93. The van der Waals surface area contributed by atoms with Crippen LogP contribution in [0.4, 0.5) is 11.4 Å². The summed E-state index contributed by atoms with van der Waals surface area (Å²) in [5.74, 6) is 0. The second kappa shape index (κ2) is 9.14. The predicted octanol–water partition coefficient (Wildman–Crippen LogP) is 2.11. The lowest BCUT2D eigenvalue weighted by Gasteiger charge is -2.31. The highest BCUT2D eigenvalue weighted by Gasteiger charge is 2.30. The number of nitro groups is 1. The van der Waals surface area contributed by atoms with Gasteiger partial charge in [-0.3, -0.25) is 10.1 Å². The van der Waals surface area contributed by atoms with Crippen LogP contribution in [0.3, 0.4) is 0 Å². The van der Waals surface area contributed by atoms with Gasteiger partial charge in [0.15, 0.2) is 9.84 Å². The second-order valence-electron chi connectivity index (χ2n) is 7.85. The first-order valence-corrected chi connectivity index (χ1v) is 13.3. The standard InChI is InChI=1S/C20H26N4O6S2/c1-15(16-4-6-17(7-5-16)31(3,27)28)21-19-9-8-18(14-20(19)24(25)26)32(29,30)23-12-10-22(2)11-13-23/h4-9,14-15,21H,10-13H2,1-3H3. The molecule has 1 aliphatic heterocycles. The van der Waals surface area contributed by atoms with Crippen molar-refractivity contribution in [1.82, 2.24) is 9.21 Å². The summed E-state index contributed by atoms with van der Waals surface area (Å²) in [4.78, 5) is 13.1. The molecule has 0 saturated carbocycles. The maximum Gasteiger partial charge on any atom is 0.293 e. The highest BCUT2D eigenvalue weighted by atomic mass is 32.2. The minimum Gasteiger partial charge on any atom is -0.373 e. The van der Waals surface area contributed by atoms with Crippen LogP contribution in [-0.4, -0.2) is 70.4 Å². The van der Waals surface area contributed by atoms with E-state index >= 15 is 0 Å². The van der Waals surface area contributed by atoms with Gasteiger partial charge in [-0.2, -0.15) is 4.31 Å². The van der Waals surface area contributed by atoms with Crippen molar-refractivity contribution in [2.45, 2.75) is 22.8 Å². The summed E-state index contributed by atoms with van der Waals surface area (Å²) in [6.07, 6.45) is 1.12. The minimum absolute atomic E-state index is 0.121. The van der Waals surface area contributed by atoms with Gasteiger partial charge in [0.05, 0.1) is 14.7 Å². The fourth-order valence-electron chi connectivity index (χ4n) is 3.44. The van der Waals surface area contributed by atoms with E-state index in [1.807, 2.05) is 11.9 Å². The van der Waals surface area contributed by atoms with Crippen molar-refractivity contribution in [2.75, 3.05) is 44.8 Å². The lowest BCUT2D eigenvalue weighted by Crippen LogP contribution is -2.47. The first kappa shape index (κ1) is 24.1. The van der Waals surface area contributed by atoms with Crippen LogP contribution in [0.15, 0.2) is 52.3 Å². The number of hydrogen-bond acceptors (Lipinski definition) is 8. The van der Waals surface area contributed by atoms with E-state index in [-0.39, 0.29) is 27.2 Å². The van der Waals surface area contributed by atoms with Gasteiger partial charge in [0, 0.05) is 44.5 Å². The molecule has 12 heteroatoms. The SMILES string of the molecule is CC(Nc1ccc(S(=O)(=O)N2CCN(C)CC2)cc1[N+](=O)[O-])c1ccc(S(C)(=O)=O)cc1. The zero-order chi connectivity index (χ0) is 23.7. The van der Waals surface area contributed by atoms with Crippen molar-refractivity contribution >= 4 is 31.2 Å². The van der Waals surface area contributed by atoms with Gasteiger partial charge in [-0.05, 0) is 43.8 Å². The van der Waals surface area contributed by atoms with E-state index in [1.165, 1.54) is 28.6 Å². The number of likely N-dealkylation sites (N-methyl/N-ethyl adjacent to an activating group) is 1. The van der Waals surface area contributed by atoms with E-state index in [4.69, 9.17) is 0 Å². The monoisotopic (exact) mass is 482 g/mol. The summed E-state index contributed by atoms with van der Waals surface area (Å²) in [5.41, 5.74) is 0.549. The summed E-state index contributed by atoms with van der Waals surface area (Å²) < 4.78 is 50.5. The van der Waals surface area contributed by atoms with Crippen LogP contribution in [0.1, 0.15) is 18.5 Å². The number of piperazine rings is 1. The number of nitrogens with zero attached hydrogens (tertiary/aromatic N) is 3. The average molecular weight is 483 g/mol. The molecule has 0 aliphatic carbocycles. The highest BCUT2D eigenvalue weighted by Crippen LogP contribution is 2.32. The molecule has 0 bridgehead atoms. The number of hydrogen-bond donors (Lipinski definition) is 1. The molecule has 32 heavy (non-hydrogen) atoms. The number of rotatable bonds is 7. The molecule has 2 aromatic carbocycles. The number of anilines is 1. The van der Waals surface area contributed by atoms with E-state index in [2.05, 4.69) is 5.32 Å². The summed E-state index contributed by atoms with van der Waals surface area (Å²) in [6.45, 7) is 3.61. The van der Waals surface area contributed by atoms with E-state index in [0.29, 0.717) is 26.2 Å². The maximum atomic E-state index is 13.0. The zero-order valence-electron chi connectivity index (χ0n) is 18.1. The summed E-state index contributed by atoms with van der Waals surface area (Å²) >= 11 is 0. The third-order valence-corrected chi connectivity index (χ3v) is 8.47. The fraction of sp³-hybridized carbons (Fsp3) is 0.400. The Labute approximate surface area is 188 Å². The van der Waals surface area contributed by atoms with Crippen LogP contribution < -0.4 is 5.32 Å². The molecule has 0 radical (unpaired) electrons. The molecular formula is C20H26N4O6S2. The summed E-state index contributed by atoms with van der Waals surface area (Å²) in [6, 6.07) is 9.66. The van der Waals surface area contributed by atoms with Crippen LogP contribution in [0.5, 0.6) is 0 Å². The minimum atomic E-state index is -3.84. The van der Waals surface area contributed by atoms with Crippen molar-refractivity contribution in [3.63, 3.8) is 0 Å². The van der Waals surface area contributed by atoms with Crippen LogP contribution in [0, 0.1) is 10.1 Å². The van der Waals surface area contributed by atoms with Crippen molar-refractivity contribution < 1.29 is 21.8 Å². The molecule has 1 unspecified atom stereocenters. The number of sulfonamides is 1. The molecular weight excluding hydrogens is 456 g/mol. The van der Waals surface area contributed by atoms with E-state index in [1.54, 1.807) is 19.1 Å². The molecule has 1 atom stereocenters. The Morgan fingerprint density at radius 1 is 0.969 bits per heavy atom. The van der Waals surface area contributed by atoms with Gasteiger partial charge in [-0.15, -0.1) is 0 Å². The van der Waals surface area contributed by atoms with Crippen LogP contribution in [0.25, 0.3) is 0 Å². The van der Waals surface area contributed by atoms with E-state index < -0.39 is 24.8 Å². The molecule has 174 valence electrons. The molecule has 1 fully saturated rings. The second-order valence-corrected chi connectivity index (χ2v) is 11.8. The Balaban J connectivity index is 1.85. The van der Waals surface area contributed by atoms with Crippen molar-refractivity contribution in [2.24, 2.45) is 0 Å². The number of nitro benzene ring substituents is 1. The maximum absolute atomic E-state index is 13.0. The average Bonchev–Trinajstić information content (AvgIpc) is 2.73. The van der Waals surface area contributed by atoms with Gasteiger partial charge in [-0.1, -0.05) is 12.1 Å². The molecule has 0 spiro atoms. The molecule has 1 aliphatic rings. The fourth-order valence-corrected chi connectivity index (χ4v) is 5.52. The first-order chi connectivity index (χ1) is 14.9. The molecule has 1 N–H and O–H groups in total. The number of benzene rings is 2. The van der Waals surface area contributed by atoms with Crippen molar-refractivity contribution in [3.8, 4) is 0 Å². The Hall–Kier alpha value is -2.54. The highest BCUT2D eigenvalue weighted by molar-refractivity contribution is 7.90. The van der Waals surface area contributed by atoms with E-state index in [9.17, 15) is 26.9 Å². The third-order valence-electron chi connectivity index (χ3n) is 5.45. The normalized spacial score (nSPS) is 17.1. The molecule has 1 heterocycles. The Bertz CT molecular complexity index is 1210. The van der Waals surface area contributed by atoms with Gasteiger partial charge < -0.3 is 10.2 Å². The molecule has 0 aromatic heterocycles. The third kappa shape index (κ3) is 5.26. The van der Waals surface area contributed by atoms with Gasteiger partial charge in [0.1, 0.15) is 5.69 Å². The van der Waals surface area contributed by atoms with Crippen molar-refractivity contribution in [3.05, 3.63) is 58.1 Å². The molecule has 1 saturated heterocycles. The summed E-state index contributed by atoms with van der Waals surface area (Å²) in [7, 11) is -5.26. The molecule has 10 nitrogen and oxygen atoms in total. The Kier molecular flexibility index (Phi) is 6.89. The Morgan fingerprint density at radius 2 is 1.53 bits per heavy atom. The summed E-state index contributed by atoms with van der Waals surface area (Å²) in [5, 5.41) is 14.7. The van der Waals surface area contributed by atoms with Gasteiger partial charge in [0.25, 0.3) is 5.69 Å².